The molecule has 8 heteroatoms. The van der Waals surface area contributed by atoms with Crippen LogP contribution < -0.4 is 0 Å². The summed E-state index contributed by atoms with van der Waals surface area (Å²) in [6, 6.07) is 3.87. The van der Waals surface area contributed by atoms with E-state index >= 15 is 0 Å². The first-order valence-corrected chi connectivity index (χ1v) is 9.03. The zero-order valence-corrected chi connectivity index (χ0v) is 13.5. The van der Waals surface area contributed by atoms with Crippen LogP contribution in [0.2, 0.25) is 0 Å². The third kappa shape index (κ3) is 3.17. The van der Waals surface area contributed by atoms with Crippen LogP contribution >= 0.6 is 0 Å². The molecule has 3 heterocycles. The van der Waals surface area contributed by atoms with E-state index in [9.17, 15) is 8.42 Å². The smallest absolute Gasteiger partial charge is 0.211 e. The average molecular weight is 321 g/mol. The van der Waals surface area contributed by atoms with Crippen LogP contribution in [0.25, 0.3) is 11.4 Å². The predicted molar refractivity (Wildman–Crippen MR) is 82.5 cm³/mol. The van der Waals surface area contributed by atoms with Crippen molar-refractivity contribution in [2.75, 3.05) is 19.3 Å². The summed E-state index contributed by atoms with van der Waals surface area (Å²) < 4.78 is 26.5. The molecule has 118 valence electrons. The molecule has 2 aromatic heterocycles. The molecule has 1 unspecified atom stereocenters. The van der Waals surface area contributed by atoms with E-state index in [4.69, 9.17) is 0 Å². The molecule has 0 bridgehead atoms. The Labute approximate surface area is 130 Å². The Balaban J connectivity index is 1.73. The summed E-state index contributed by atoms with van der Waals surface area (Å²) in [5.41, 5.74) is 2.71. The van der Waals surface area contributed by atoms with Crippen LogP contribution in [0.5, 0.6) is 0 Å². The van der Waals surface area contributed by atoms with Crippen molar-refractivity contribution in [3.63, 3.8) is 0 Å². The highest BCUT2D eigenvalue weighted by Gasteiger charge is 2.28. The fourth-order valence-electron chi connectivity index (χ4n) is 2.84. The van der Waals surface area contributed by atoms with Crippen molar-refractivity contribution in [3.05, 3.63) is 30.4 Å². The van der Waals surface area contributed by atoms with Gasteiger partial charge in [-0.05, 0) is 30.9 Å². The molecule has 0 radical (unpaired) electrons. The van der Waals surface area contributed by atoms with Crippen LogP contribution in [0.3, 0.4) is 0 Å². The van der Waals surface area contributed by atoms with Gasteiger partial charge in [0.05, 0.1) is 17.6 Å². The Morgan fingerprint density at radius 2 is 2.18 bits per heavy atom. The first-order valence-electron chi connectivity index (χ1n) is 7.18. The lowest BCUT2D eigenvalue weighted by Crippen LogP contribution is -2.27. The predicted octanol–water partition coefficient (Wildman–Crippen LogP) is 0.701. The Hall–Kier alpha value is -1.80. The van der Waals surface area contributed by atoms with Crippen molar-refractivity contribution in [2.24, 2.45) is 13.0 Å². The van der Waals surface area contributed by atoms with Gasteiger partial charge in [0.25, 0.3) is 0 Å². The quantitative estimate of drug-likeness (QED) is 0.828. The van der Waals surface area contributed by atoms with Gasteiger partial charge in [-0.3, -0.25) is 4.68 Å². The Bertz CT molecular complexity index is 771. The molecular weight excluding hydrogens is 302 g/mol. The van der Waals surface area contributed by atoms with Crippen molar-refractivity contribution >= 4 is 10.0 Å². The molecule has 1 aliphatic heterocycles. The van der Waals surface area contributed by atoms with Crippen molar-refractivity contribution in [1.82, 2.24) is 24.1 Å². The molecule has 3 rings (SSSR count). The minimum absolute atomic E-state index is 0.309. The van der Waals surface area contributed by atoms with Gasteiger partial charge in [-0.1, -0.05) is 0 Å². The molecule has 1 aliphatic rings. The molecule has 0 amide bonds. The van der Waals surface area contributed by atoms with Gasteiger partial charge in [0.1, 0.15) is 6.33 Å². The van der Waals surface area contributed by atoms with Crippen LogP contribution in [0.1, 0.15) is 12.1 Å². The lowest BCUT2D eigenvalue weighted by Gasteiger charge is -2.13. The van der Waals surface area contributed by atoms with Gasteiger partial charge in [0, 0.05) is 32.0 Å². The Kier molecular flexibility index (Phi) is 3.96. The maximum atomic E-state index is 11.6. The first-order chi connectivity index (χ1) is 10.4. The van der Waals surface area contributed by atoms with Gasteiger partial charge >= 0.3 is 0 Å². The molecule has 0 saturated carbocycles. The number of sulfonamides is 1. The van der Waals surface area contributed by atoms with E-state index in [1.165, 1.54) is 6.26 Å². The number of nitrogens with zero attached hydrogens (tertiary/aromatic N) is 5. The number of aromatic nitrogens is 4. The number of rotatable bonds is 4. The molecule has 22 heavy (non-hydrogen) atoms. The standard InChI is InChI=1S/C14H19N5O2S/c1-18-14(3-5-17-18)13-8-12(15-10-16-13)7-11-4-6-19(9-11)22(2,20)21/h3,5,8,10-11H,4,6-7,9H2,1-2H3. The van der Waals surface area contributed by atoms with Gasteiger partial charge in [-0.25, -0.2) is 22.7 Å². The summed E-state index contributed by atoms with van der Waals surface area (Å²) >= 11 is 0. The lowest BCUT2D eigenvalue weighted by molar-refractivity contribution is 0.459. The van der Waals surface area contributed by atoms with Gasteiger partial charge < -0.3 is 0 Å². The normalized spacial score (nSPS) is 19.6. The maximum absolute atomic E-state index is 11.6. The van der Waals surface area contributed by atoms with Crippen molar-refractivity contribution in [2.45, 2.75) is 12.8 Å². The van der Waals surface area contributed by atoms with E-state index in [-0.39, 0.29) is 0 Å². The van der Waals surface area contributed by atoms with Crippen LogP contribution in [-0.4, -0.2) is 51.8 Å². The summed E-state index contributed by atoms with van der Waals surface area (Å²) in [6.45, 7) is 1.17. The number of aryl methyl sites for hydroxylation is 1. The topological polar surface area (TPSA) is 81.0 Å². The molecule has 1 atom stereocenters. The second-order valence-corrected chi connectivity index (χ2v) is 7.70. The van der Waals surface area contributed by atoms with Crippen LogP contribution in [-0.2, 0) is 23.5 Å². The Morgan fingerprint density at radius 1 is 1.36 bits per heavy atom. The summed E-state index contributed by atoms with van der Waals surface area (Å²) in [7, 11) is -1.21. The monoisotopic (exact) mass is 321 g/mol. The maximum Gasteiger partial charge on any atom is 0.211 e. The summed E-state index contributed by atoms with van der Waals surface area (Å²) in [5.74, 6) is 0.309. The second kappa shape index (κ2) is 5.77. The lowest BCUT2D eigenvalue weighted by atomic mass is 10.0. The molecule has 1 saturated heterocycles. The van der Waals surface area contributed by atoms with Crippen LogP contribution in [0.4, 0.5) is 0 Å². The van der Waals surface area contributed by atoms with E-state index in [1.54, 1.807) is 21.5 Å². The van der Waals surface area contributed by atoms with Crippen LogP contribution in [0.15, 0.2) is 24.7 Å². The Morgan fingerprint density at radius 3 is 2.82 bits per heavy atom. The van der Waals surface area contributed by atoms with Gasteiger partial charge in [0.2, 0.25) is 10.0 Å². The third-order valence-corrected chi connectivity index (χ3v) is 5.29. The van der Waals surface area contributed by atoms with Crippen molar-refractivity contribution < 1.29 is 8.42 Å². The molecule has 0 aromatic carbocycles. The number of hydrogen-bond donors (Lipinski definition) is 0. The summed E-state index contributed by atoms with van der Waals surface area (Å²) in [6.07, 6.45) is 6.19. The minimum atomic E-state index is -3.09. The van der Waals surface area contributed by atoms with Gasteiger partial charge in [0.15, 0.2) is 0 Å². The first kappa shape index (κ1) is 15.1. The van der Waals surface area contributed by atoms with E-state index in [1.807, 2.05) is 19.2 Å². The molecule has 7 nitrogen and oxygen atoms in total. The van der Waals surface area contributed by atoms with Crippen molar-refractivity contribution in [3.8, 4) is 11.4 Å². The fourth-order valence-corrected chi connectivity index (χ4v) is 3.75. The molecule has 1 fully saturated rings. The summed E-state index contributed by atoms with van der Waals surface area (Å²) in [5, 5.41) is 4.15. The zero-order valence-electron chi connectivity index (χ0n) is 12.7. The largest absolute Gasteiger partial charge is 0.266 e. The fraction of sp³-hybridized carbons (Fsp3) is 0.500. The highest BCUT2D eigenvalue weighted by molar-refractivity contribution is 7.88. The SMILES string of the molecule is Cn1nccc1-c1cc(CC2CCN(S(C)(=O)=O)C2)ncn1. The highest BCUT2D eigenvalue weighted by Crippen LogP contribution is 2.23. The molecule has 0 aliphatic carbocycles. The highest BCUT2D eigenvalue weighted by atomic mass is 32.2. The van der Waals surface area contributed by atoms with Crippen LogP contribution in [0, 0.1) is 5.92 Å². The van der Waals surface area contributed by atoms with E-state index in [0.717, 1.165) is 29.9 Å². The minimum Gasteiger partial charge on any atom is -0.266 e. The van der Waals surface area contributed by atoms with E-state index < -0.39 is 10.0 Å². The molecular formula is C14H19N5O2S. The third-order valence-electron chi connectivity index (χ3n) is 4.02. The zero-order chi connectivity index (χ0) is 15.7. The second-order valence-electron chi connectivity index (χ2n) is 5.71. The van der Waals surface area contributed by atoms with Gasteiger partial charge in [-0.2, -0.15) is 5.10 Å². The molecule has 0 spiro atoms. The van der Waals surface area contributed by atoms with E-state index in [2.05, 4.69) is 15.1 Å². The molecule has 0 N–H and O–H groups in total. The average Bonchev–Trinajstić information content (AvgIpc) is 3.07. The van der Waals surface area contributed by atoms with Crippen molar-refractivity contribution in [1.29, 1.82) is 0 Å². The number of hydrogen-bond acceptors (Lipinski definition) is 5. The van der Waals surface area contributed by atoms with E-state index in [0.29, 0.717) is 19.0 Å². The molecule has 2 aromatic rings. The summed E-state index contributed by atoms with van der Waals surface area (Å²) in [4.78, 5) is 8.61. The van der Waals surface area contributed by atoms with Gasteiger partial charge in [-0.15, -0.1) is 0 Å².